The molecule has 0 aliphatic carbocycles. The maximum Gasteiger partial charge on any atom is 0.352 e. The van der Waals surface area contributed by atoms with E-state index in [0.29, 0.717) is 17.2 Å². The van der Waals surface area contributed by atoms with Crippen LogP contribution in [0.15, 0.2) is 42.7 Å². The molecule has 1 aromatic carbocycles. The quantitative estimate of drug-likeness (QED) is 0.666. The second-order valence-electron chi connectivity index (χ2n) is 5.19. The molecule has 122 valence electrons. The van der Waals surface area contributed by atoms with Gasteiger partial charge in [-0.3, -0.25) is 0 Å². The smallest absolute Gasteiger partial charge is 0.352 e. The van der Waals surface area contributed by atoms with Crippen molar-refractivity contribution in [3.63, 3.8) is 0 Å². The molecule has 7 nitrogen and oxygen atoms in total. The molecule has 0 fully saturated rings. The number of carbonyl (C=O) groups is 1. The summed E-state index contributed by atoms with van der Waals surface area (Å²) in [7, 11) is 1.60. The van der Waals surface area contributed by atoms with Crippen molar-refractivity contribution < 1.29 is 14.6 Å². The fourth-order valence-corrected chi connectivity index (χ4v) is 2.28. The van der Waals surface area contributed by atoms with E-state index in [2.05, 4.69) is 20.3 Å². The third kappa shape index (κ3) is 3.19. The molecule has 0 atom stereocenters. The number of hydrogen-bond donors (Lipinski definition) is 3. The van der Waals surface area contributed by atoms with E-state index in [1.807, 2.05) is 31.2 Å². The number of ether oxygens (including phenoxy) is 1. The molecule has 0 unspecified atom stereocenters. The normalized spacial score (nSPS) is 10.4. The molecule has 0 aliphatic heterocycles. The van der Waals surface area contributed by atoms with Crippen molar-refractivity contribution in [2.45, 2.75) is 6.92 Å². The average Bonchev–Trinajstić information content (AvgIpc) is 3.07. The largest absolute Gasteiger partial charge is 0.497 e. The van der Waals surface area contributed by atoms with Crippen LogP contribution >= 0.6 is 0 Å². The minimum absolute atomic E-state index is 0.116. The van der Waals surface area contributed by atoms with E-state index >= 15 is 0 Å². The Morgan fingerprint density at radius 1 is 1.33 bits per heavy atom. The number of nitrogens with one attached hydrogen (secondary N) is 2. The van der Waals surface area contributed by atoms with Crippen molar-refractivity contribution in [2.75, 3.05) is 12.4 Å². The SMILES string of the molecule is COc1cccc(Nc2ncc(C)c(-c3c[nH]c(C(=O)O)c3)n2)c1. The van der Waals surface area contributed by atoms with E-state index in [1.54, 1.807) is 25.6 Å². The average molecular weight is 324 g/mol. The van der Waals surface area contributed by atoms with Gasteiger partial charge in [-0.15, -0.1) is 0 Å². The molecule has 24 heavy (non-hydrogen) atoms. The lowest BCUT2D eigenvalue weighted by Crippen LogP contribution is -2.00. The summed E-state index contributed by atoms with van der Waals surface area (Å²) in [6, 6.07) is 8.97. The first kappa shape index (κ1) is 15.5. The van der Waals surface area contributed by atoms with Crippen molar-refractivity contribution in [1.82, 2.24) is 15.0 Å². The number of hydrogen-bond acceptors (Lipinski definition) is 5. The van der Waals surface area contributed by atoms with Gasteiger partial charge in [0.1, 0.15) is 11.4 Å². The molecule has 7 heteroatoms. The summed E-state index contributed by atoms with van der Waals surface area (Å²) < 4.78 is 5.19. The molecule has 0 aliphatic rings. The van der Waals surface area contributed by atoms with Crippen LogP contribution in [0.3, 0.4) is 0 Å². The lowest BCUT2D eigenvalue weighted by Gasteiger charge is -2.09. The lowest BCUT2D eigenvalue weighted by molar-refractivity contribution is 0.0691. The van der Waals surface area contributed by atoms with Crippen LogP contribution in [0.1, 0.15) is 16.1 Å². The molecule has 2 aromatic heterocycles. The van der Waals surface area contributed by atoms with Crippen LogP contribution in [-0.4, -0.2) is 33.1 Å². The maximum absolute atomic E-state index is 11.0. The molecule has 0 radical (unpaired) electrons. The van der Waals surface area contributed by atoms with Crippen LogP contribution in [0.5, 0.6) is 5.75 Å². The Morgan fingerprint density at radius 3 is 2.88 bits per heavy atom. The van der Waals surface area contributed by atoms with E-state index in [4.69, 9.17) is 9.84 Å². The molecule has 3 rings (SSSR count). The lowest BCUT2D eigenvalue weighted by atomic mass is 10.1. The summed E-state index contributed by atoms with van der Waals surface area (Å²) in [4.78, 5) is 22.5. The summed E-state index contributed by atoms with van der Waals surface area (Å²) in [6.45, 7) is 1.87. The van der Waals surface area contributed by atoms with Gasteiger partial charge in [0.25, 0.3) is 0 Å². The van der Waals surface area contributed by atoms with Gasteiger partial charge in [0.2, 0.25) is 5.95 Å². The number of aromatic nitrogens is 3. The standard InChI is InChI=1S/C17H16N4O3/c1-10-8-19-17(20-12-4-3-5-13(7-12)24-2)21-15(10)11-6-14(16(22)23)18-9-11/h3-9,18H,1-2H3,(H,22,23)(H,19,20,21). The first-order valence-corrected chi connectivity index (χ1v) is 7.23. The third-order valence-corrected chi connectivity index (χ3v) is 3.48. The Hall–Kier alpha value is -3.35. The van der Waals surface area contributed by atoms with E-state index in [9.17, 15) is 4.79 Å². The van der Waals surface area contributed by atoms with Crippen molar-refractivity contribution in [1.29, 1.82) is 0 Å². The Balaban J connectivity index is 1.91. The van der Waals surface area contributed by atoms with Gasteiger partial charge in [0, 0.05) is 29.7 Å². The van der Waals surface area contributed by atoms with Gasteiger partial charge in [-0.25, -0.2) is 14.8 Å². The highest BCUT2D eigenvalue weighted by molar-refractivity contribution is 5.87. The molecular weight excluding hydrogens is 308 g/mol. The van der Waals surface area contributed by atoms with Crippen molar-refractivity contribution in [2.24, 2.45) is 0 Å². The number of anilines is 2. The Labute approximate surface area is 138 Å². The second kappa shape index (κ2) is 6.41. The number of methoxy groups -OCH3 is 1. The van der Waals surface area contributed by atoms with E-state index in [1.165, 1.54) is 0 Å². The van der Waals surface area contributed by atoms with Crippen LogP contribution in [0.25, 0.3) is 11.3 Å². The number of carboxylic acid groups (broad SMARTS) is 1. The summed E-state index contributed by atoms with van der Waals surface area (Å²) in [5.74, 6) is 0.133. The predicted octanol–water partition coefficient (Wildman–Crippen LogP) is 3.23. The van der Waals surface area contributed by atoms with Crippen molar-refractivity contribution in [3.05, 3.63) is 54.0 Å². The number of aromatic amines is 1. The molecule has 0 bridgehead atoms. The van der Waals surface area contributed by atoms with Crippen LogP contribution in [-0.2, 0) is 0 Å². The van der Waals surface area contributed by atoms with Crippen LogP contribution < -0.4 is 10.1 Å². The topological polar surface area (TPSA) is 100 Å². The Kier molecular flexibility index (Phi) is 4.15. The van der Waals surface area contributed by atoms with Crippen LogP contribution in [0.2, 0.25) is 0 Å². The van der Waals surface area contributed by atoms with E-state index < -0.39 is 5.97 Å². The second-order valence-corrected chi connectivity index (χ2v) is 5.19. The summed E-state index contributed by atoms with van der Waals surface area (Å²) in [5.41, 5.74) is 3.12. The molecule has 0 saturated carbocycles. The van der Waals surface area contributed by atoms with Gasteiger partial charge < -0.3 is 20.1 Å². The highest BCUT2D eigenvalue weighted by Crippen LogP contribution is 2.25. The number of aryl methyl sites for hydroxylation is 1. The van der Waals surface area contributed by atoms with Gasteiger partial charge in [-0.1, -0.05) is 6.07 Å². The summed E-state index contributed by atoms with van der Waals surface area (Å²) in [6.07, 6.45) is 3.31. The molecule has 3 aromatic rings. The first-order valence-electron chi connectivity index (χ1n) is 7.23. The molecule has 0 saturated heterocycles. The fraction of sp³-hybridized carbons (Fsp3) is 0.118. The molecule has 0 amide bonds. The van der Waals surface area contributed by atoms with E-state index in [0.717, 1.165) is 17.0 Å². The van der Waals surface area contributed by atoms with Crippen LogP contribution in [0, 0.1) is 6.92 Å². The Morgan fingerprint density at radius 2 is 2.17 bits per heavy atom. The molecular formula is C17H16N4O3. The minimum atomic E-state index is -1.01. The minimum Gasteiger partial charge on any atom is -0.497 e. The molecule has 0 spiro atoms. The van der Waals surface area contributed by atoms with Gasteiger partial charge in [0.15, 0.2) is 0 Å². The highest BCUT2D eigenvalue weighted by atomic mass is 16.5. The van der Waals surface area contributed by atoms with E-state index in [-0.39, 0.29) is 5.69 Å². The number of nitrogens with zero attached hydrogens (tertiary/aromatic N) is 2. The number of benzene rings is 1. The Bertz CT molecular complexity index is 889. The van der Waals surface area contributed by atoms with Crippen molar-refractivity contribution in [3.8, 4) is 17.0 Å². The zero-order valence-corrected chi connectivity index (χ0v) is 13.2. The number of carboxylic acids is 1. The predicted molar refractivity (Wildman–Crippen MR) is 89.8 cm³/mol. The van der Waals surface area contributed by atoms with Gasteiger partial charge >= 0.3 is 5.97 Å². The highest BCUT2D eigenvalue weighted by Gasteiger charge is 2.12. The first-order chi connectivity index (χ1) is 11.6. The number of H-pyrrole nitrogens is 1. The van der Waals surface area contributed by atoms with Gasteiger partial charge in [-0.05, 0) is 30.7 Å². The zero-order chi connectivity index (χ0) is 17.1. The molecule has 2 heterocycles. The number of aromatic carboxylic acids is 1. The molecule has 3 N–H and O–H groups in total. The third-order valence-electron chi connectivity index (χ3n) is 3.48. The van der Waals surface area contributed by atoms with Crippen LogP contribution in [0.4, 0.5) is 11.6 Å². The summed E-state index contributed by atoms with van der Waals surface area (Å²) >= 11 is 0. The summed E-state index contributed by atoms with van der Waals surface area (Å²) in [5, 5.41) is 12.1. The number of rotatable bonds is 5. The zero-order valence-electron chi connectivity index (χ0n) is 13.2. The van der Waals surface area contributed by atoms with Gasteiger partial charge in [-0.2, -0.15) is 0 Å². The monoisotopic (exact) mass is 324 g/mol. The van der Waals surface area contributed by atoms with Gasteiger partial charge in [0.05, 0.1) is 12.8 Å². The van der Waals surface area contributed by atoms with Crippen molar-refractivity contribution >= 4 is 17.6 Å². The fourth-order valence-electron chi connectivity index (χ4n) is 2.28. The maximum atomic E-state index is 11.0.